The van der Waals surface area contributed by atoms with Gasteiger partial charge in [-0.3, -0.25) is 0 Å². The lowest BCUT2D eigenvalue weighted by Crippen LogP contribution is -2.20. The molecule has 1 aromatic rings. The first-order chi connectivity index (χ1) is 7.22. The standard InChI is InChI=1S/C12H20N2S/c1-3-15-9-8-14(2)10-11-4-6-12(13)7-5-11/h4-7H,3,8-10,13H2,1-2H3. The van der Waals surface area contributed by atoms with Crippen LogP contribution < -0.4 is 5.73 Å². The third-order valence-electron chi connectivity index (χ3n) is 2.25. The Kier molecular flexibility index (Phi) is 5.58. The number of anilines is 1. The van der Waals surface area contributed by atoms with E-state index >= 15 is 0 Å². The number of thioether (sulfide) groups is 1. The predicted molar refractivity (Wildman–Crippen MR) is 70.2 cm³/mol. The number of nitrogens with zero attached hydrogens (tertiary/aromatic N) is 1. The fourth-order valence-electron chi connectivity index (χ4n) is 1.38. The second-order valence-electron chi connectivity index (χ2n) is 3.68. The Morgan fingerprint density at radius 1 is 1.27 bits per heavy atom. The number of nitrogen functional groups attached to an aromatic ring is 1. The zero-order valence-electron chi connectivity index (χ0n) is 9.57. The Hall–Kier alpha value is -0.670. The third-order valence-corrected chi connectivity index (χ3v) is 3.13. The van der Waals surface area contributed by atoms with Crippen molar-refractivity contribution in [2.45, 2.75) is 13.5 Å². The zero-order valence-corrected chi connectivity index (χ0v) is 10.4. The smallest absolute Gasteiger partial charge is 0.0314 e. The largest absolute Gasteiger partial charge is 0.399 e. The molecule has 0 spiro atoms. The summed E-state index contributed by atoms with van der Waals surface area (Å²) >= 11 is 1.99. The third kappa shape index (κ3) is 5.09. The second-order valence-corrected chi connectivity index (χ2v) is 5.07. The maximum Gasteiger partial charge on any atom is 0.0314 e. The highest BCUT2D eigenvalue weighted by Gasteiger charge is 1.99. The summed E-state index contributed by atoms with van der Waals surface area (Å²) in [6.07, 6.45) is 0. The van der Waals surface area contributed by atoms with Gasteiger partial charge in [-0.2, -0.15) is 11.8 Å². The number of benzene rings is 1. The normalized spacial score (nSPS) is 10.9. The Balaban J connectivity index is 2.31. The molecule has 1 rings (SSSR count). The van der Waals surface area contributed by atoms with Gasteiger partial charge in [0, 0.05) is 24.5 Å². The minimum atomic E-state index is 0.836. The van der Waals surface area contributed by atoms with Gasteiger partial charge in [0.2, 0.25) is 0 Å². The molecule has 15 heavy (non-hydrogen) atoms. The van der Waals surface area contributed by atoms with Gasteiger partial charge in [0.25, 0.3) is 0 Å². The van der Waals surface area contributed by atoms with Crippen molar-refractivity contribution in [3.05, 3.63) is 29.8 Å². The first kappa shape index (κ1) is 12.4. The summed E-state index contributed by atoms with van der Waals surface area (Å²) in [6.45, 7) is 4.35. The molecule has 84 valence electrons. The summed E-state index contributed by atoms with van der Waals surface area (Å²) in [5.74, 6) is 2.41. The fourth-order valence-corrected chi connectivity index (χ4v) is 2.11. The molecule has 0 unspecified atom stereocenters. The first-order valence-electron chi connectivity index (χ1n) is 5.33. The van der Waals surface area contributed by atoms with Crippen LogP contribution in [0.1, 0.15) is 12.5 Å². The Bertz CT molecular complexity index is 271. The van der Waals surface area contributed by atoms with Gasteiger partial charge in [-0.25, -0.2) is 0 Å². The van der Waals surface area contributed by atoms with Crippen LogP contribution in [0.2, 0.25) is 0 Å². The van der Waals surface area contributed by atoms with Gasteiger partial charge < -0.3 is 10.6 Å². The minimum absolute atomic E-state index is 0.836. The number of hydrogen-bond donors (Lipinski definition) is 1. The van der Waals surface area contributed by atoms with Gasteiger partial charge in [-0.1, -0.05) is 19.1 Å². The van der Waals surface area contributed by atoms with E-state index in [0.29, 0.717) is 0 Å². The lowest BCUT2D eigenvalue weighted by atomic mass is 10.2. The molecule has 0 fully saturated rings. The van der Waals surface area contributed by atoms with E-state index < -0.39 is 0 Å². The molecule has 2 N–H and O–H groups in total. The molecule has 0 saturated carbocycles. The van der Waals surface area contributed by atoms with Crippen molar-refractivity contribution < 1.29 is 0 Å². The van der Waals surface area contributed by atoms with E-state index in [9.17, 15) is 0 Å². The van der Waals surface area contributed by atoms with E-state index in [0.717, 1.165) is 18.8 Å². The van der Waals surface area contributed by atoms with Crippen molar-refractivity contribution in [2.24, 2.45) is 0 Å². The molecule has 0 aromatic heterocycles. The lowest BCUT2D eigenvalue weighted by molar-refractivity contribution is 0.349. The summed E-state index contributed by atoms with van der Waals surface area (Å²) in [7, 11) is 2.16. The van der Waals surface area contributed by atoms with E-state index in [1.54, 1.807) is 0 Å². The van der Waals surface area contributed by atoms with Crippen LogP contribution in [-0.4, -0.2) is 30.0 Å². The van der Waals surface area contributed by atoms with Crippen LogP contribution in [0.4, 0.5) is 5.69 Å². The molecule has 0 saturated heterocycles. The maximum absolute atomic E-state index is 5.64. The SMILES string of the molecule is CCSCCN(C)Cc1ccc(N)cc1. The molecule has 0 aliphatic heterocycles. The van der Waals surface area contributed by atoms with E-state index in [2.05, 4.69) is 31.0 Å². The quantitative estimate of drug-likeness (QED) is 0.594. The molecule has 3 heteroatoms. The van der Waals surface area contributed by atoms with Gasteiger partial charge in [-0.15, -0.1) is 0 Å². The van der Waals surface area contributed by atoms with Crippen LogP contribution in [0, 0.1) is 0 Å². The van der Waals surface area contributed by atoms with Gasteiger partial charge in [0.05, 0.1) is 0 Å². The van der Waals surface area contributed by atoms with Crippen molar-refractivity contribution in [3.63, 3.8) is 0 Å². The summed E-state index contributed by atoms with van der Waals surface area (Å²) in [5, 5.41) is 0. The van der Waals surface area contributed by atoms with Crippen molar-refractivity contribution in [2.75, 3.05) is 30.8 Å². The molecule has 0 atom stereocenters. The van der Waals surface area contributed by atoms with E-state index in [1.165, 1.54) is 17.1 Å². The molecule has 1 aromatic carbocycles. The second kappa shape index (κ2) is 6.75. The summed E-state index contributed by atoms with van der Waals surface area (Å²) < 4.78 is 0. The van der Waals surface area contributed by atoms with E-state index in [1.807, 2.05) is 23.9 Å². The van der Waals surface area contributed by atoms with Crippen LogP contribution in [0.25, 0.3) is 0 Å². The van der Waals surface area contributed by atoms with Crippen LogP contribution in [-0.2, 0) is 6.54 Å². The molecule has 2 nitrogen and oxygen atoms in total. The monoisotopic (exact) mass is 224 g/mol. The Morgan fingerprint density at radius 2 is 1.93 bits per heavy atom. The lowest BCUT2D eigenvalue weighted by Gasteiger charge is -2.16. The van der Waals surface area contributed by atoms with Crippen molar-refractivity contribution in [3.8, 4) is 0 Å². The highest BCUT2D eigenvalue weighted by atomic mass is 32.2. The molecule has 0 aliphatic rings. The number of hydrogen-bond acceptors (Lipinski definition) is 3. The Morgan fingerprint density at radius 3 is 2.53 bits per heavy atom. The van der Waals surface area contributed by atoms with Gasteiger partial charge in [0.15, 0.2) is 0 Å². The summed E-state index contributed by atoms with van der Waals surface area (Å²) in [5.41, 5.74) is 7.80. The topological polar surface area (TPSA) is 29.3 Å². The number of nitrogens with two attached hydrogens (primary N) is 1. The number of rotatable bonds is 6. The van der Waals surface area contributed by atoms with Crippen LogP contribution in [0.5, 0.6) is 0 Å². The summed E-state index contributed by atoms with van der Waals surface area (Å²) in [6, 6.07) is 8.12. The van der Waals surface area contributed by atoms with Gasteiger partial charge in [-0.05, 0) is 30.5 Å². The zero-order chi connectivity index (χ0) is 11.1. The molecule has 0 amide bonds. The van der Waals surface area contributed by atoms with E-state index in [4.69, 9.17) is 5.73 Å². The van der Waals surface area contributed by atoms with Crippen LogP contribution in [0.15, 0.2) is 24.3 Å². The fraction of sp³-hybridized carbons (Fsp3) is 0.500. The van der Waals surface area contributed by atoms with E-state index in [-0.39, 0.29) is 0 Å². The molecular formula is C12H20N2S. The highest BCUT2D eigenvalue weighted by Crippen LogP contribution is 2.08. The average Bonchev–Trinajstić information content (AvgIpc) is 2.22. The Labute approximate surface area is 96.8 Å². The molecule has 0 radical (unpaired) electrons. The van der Waals surface area contributed by atoms with Crippen LogP contribution in [0.3, 0.4) is 0 Å². The average molecular weight is 224 g/mol. The predicted octanol–water partition coefficient (Wildman–Crippen LogP) is 2.45. The molecule has 0 heterocycles. The summed E-state index contributed by atoms with van der Waals surface area (Å²) in [4.78, 5) is 2.34. The van der Waals surface area contributed by atoms with Crippen molar-refractivity contribution >= 4 is 17.4 Å². The highest BCUT2D eigenvalue weighted by molar-refractivity contribution is 7.99. The van der Waals surface area contributed by atoms with Gasteiger partial charge in [0.1, 0.15) is 0 Å². The van der Waals surface area contributed by atoms with Gasteiger partial charge >= 0.3 is 0 Å². The molecule has 0 bridgehead atoms. The molecular weight excluding hydrogens is 204 g/mol. The minimum Gasteiger partial charge on any atom is -0.399 e. The van der Waals surface area contributed by atoms with Crippen molar-refractivity contribution in [1.82, 2.24) is 4.90 Å². The molecule has 0 aliphatic carbocycles. The van der Waals surface area contributed by atoms with Crippen molar-refractivity contribution in [1.29, 1.82) is 0 Å². The first-order valence-corrected chi connectivity index (χ1v) is 6.48. The maximum atomic E-state index is 5.64. The van der Waals surface area contributed by atoms with Crippen LogP contribution >= 0.6 is 11.8 Å².